The minimum Gasteiger partial charge on any atom is -0.368 e. The van der Waals surface area contributed by atoms with Gasteiger partial charge in [-0.1, -0.05) is 18.2 Å². The van der Waals surface area contributed by atoms with Crippen LogP contribution in [0.25, 0.3) is 0 Å². The third-order valence-electron chi connectivity index (χ3n) is 8.21. The van der Waals surface area contributed by atoms with Crippen LogP contribution in [0.2, 0.25) is 0 Å². The van der Waals surface area contributed by atoms with Crippen LogP contribution >= 0.6 is 0 Å². The lowest BCUT2D eigenvalue weighted by Gasteiger charge is -2.39. The molecule has 0 bridgehead atoms. The van der Waals surface area contributed by atoms with Crippen LogP contribution in [0.4, 0.5) is 5.69 Å². The highest BCUT2D eigenvalue weighted by molar-refractivity contribution is 7.89. The molecular formula is C28H39N3O3S. The molecule has 2 aliphatic heterocycles. The van der Waals surface area contributed by atoms with Gasteiger partial charge in [0.2, 0.25) is 15.9 Å². The van der Waals surface area contributed by atoms with Crippen molar-refractivity contribution in [3.8, 4) is 0 Å². The Kier molecular flexibility index (Phi) is 7.30. The van der Waals surface area contributed by atoms with E-state index in [-0.39, 0.29) is 11.8 Å². The van der Waals surface area contributed by atoms with Crippen LogP contribution in [0.5, 0.6) is 0 Å². The Hall–Kier alpha value is -2.38. The second-order valence-electron chi connectivity index (χ2n) is 10.3. The van der Waals surface area contributed by atoms with Gasteiger partial charge in [-0.25, -0.2) is 8.42 Å². The number of hydrogen-bond donors (Lipinski definition) is 0. The highest BCUT2D eigenvalue weighted by Crippen LogP contribution is 2.32. The Morgan fingerprint density at radius 1 is 0.771 bits per heavy atom. The number of carbonyl (C=O) groups excluding carboxylic acids is 1. The molecule has 2 heterocycles. The second kappa shape index (κ2) is 9.94. The number of hydrogen-bond acceptors (Lipinski definition) is 4. The van der Waals surface area contributed by atoms with E-state index in [1.165, 1.54) is 16.8 Å². The van der Waals surface area contributed by atoms with Crippen LogP contribution in [-0.2, 0) is 14.8 Å². The third kappa shape index (κ3) is 4.85. The Bertz CT molecular complexity index is 1200. The number of nitrogens with zero attached hydrogens (tertiary/aromatic N) is 3. The number of piperidine rings is 1. The van der Waals surface area contributed by atoms with Gasteiger partial charge >= 0.3 is 0 Å². The van der Waals surface area contributed by atoms with E-state index in [0.29, 0.717) is 43.9 Å². The summed E-state index contributed by atoms with van der Waals surface area (Å²) >= 11 is 0. The van der Waals surface area contributed by atoms with Crippen molar-refractivity contribution in [3.05, 3.63) is 57.6 Å². The molecule has 0 aliphatic carbocycles. The van der Waals surface area contributed by atoms with E-state index in [4.69, 9.17) is 0 Å². The highest BCUT2D eigenvalue weighted by atomic mass is 32.2. The van der Waals surface area contributed by atoms with Gasteiger partial charge in [-0.3, -0.25) is 4.79 Å². The molecule has 2 fully saturated rings. The van der Waals surface area contributed by atoms with Gasteiger partial charge in [0, 0.05) is 50.9 Å². The average Bonchev–Trinajstić information content (AvgIpc) is 2.84. The number of rotatable bonds is 4. The lowest BCUT2D eigenvalue weighted by Crippen LogP contribution is -2.52. The van der Waals surface area contributed by atoms with Gasteiger partial charge in [-0.2, -0.15) is 4.31 Å². The van der Waals surface area contributed by atoms with Crippen molar-refractivity contribution in [2.24, 2.45) is 5.92 Å². The summed E-state index contributed by atoms with van der Waals surface area (Å²) in [5.41, 5.74) is 7.49. The minimum absolute atomic E-state index is 0.102. The van der Waals surface area contributed by atoms with E-state index in [1.807, 2.05) is 32.6 Å². The molecule has 0 spiro atoms. The maximum atomic E-state index is 13.6. The molecule has 0 N–H and O–H groups in total. The molecule has 0 unspecified atom stereocenters. The van der Waals surface area contributed by atoms with Gasteiger partial charge in [0.25, 0.3) is 0 Å². The van der Waals surface area contributed by atoms with Crippen LogP contribution in [0.3, 0.4) is 0 Å². The summed E-state index contributed by atoms with van der Waals surface area (Å²) in [6.07, 6.45) is 1.16. The van der Waals surface area contributed by atoms with Crippen molar-refractivity contribution in [1.82, 2.24) is 9.21 Å². The standard InChI is InChI=1S/C28H39N3O3S/c1-19-8-7-9-26(22(19)4)29-14-16-30(17-15-29)28(32)25-10-12-31(13-11-25)35(33,34)27-23(5)20(2)18-21(3)24(27)6/h7-9,18,25H,10-17H2,1-6H3. The Balaban J connectivity index is 1.38. The summed E-state index contributed by atoms with van der Waals surface area (Å²) in [6, 6.07) is 8.44. The van der Waals surface area contributed by atoms with Gasteiger partial charge in [0.1, 0.15) is 0 Å². The molecule has 7 heteroatoms. The molecule has 6 nitrogen and oxygen atoms in total. The summed E-state index contributed by atoms with van der Waals surface area (Å²) in [4.78, 5) is 18.1. The number of aryl methyl sites for hydroxylation is 3. The van der Waals surface area contributed by atoms with Crippen molar-refractivity contribution in [2.75, 3.05) is 44.2 Å². The van der Waals surface area contributed by atoms with E-state index < -0.39 is 10.0 Å². The number of anilines is 1. The van der Waals surface area contributed by atoms with Gasteiger partial charge in [-0.15, -0.1) is 0 Å². The van der Waals surface area contributed by atoms with Crippen LogP contribution in [0.1, 0.15) is 46.2 Å². The van der Waals surface area contributed by atoms with Crippen molar-refractivity contribution >= 4 is 21.6 Å². The zero-order chi connectivity index (χ0) is 25.5. The fourth-order valence-electron chi connectivity index (χ4n) is 5.54. The van der Waals surface area contributed by atoms with E-state index in [2.05, 4.69) is 43.0 Å². The fourth-order valence-corrected chi connectivity index (χ4v) is 7.59. The molecule has 0 saturated carbocycles. The van der Waals surface area contributed by atoms with E-state index in [9.17, 15) is 13.2 Å². The van der Waals surface area contributed by atoms with Crippen molar-refractivity contribution in [3.63, 3.8) is 0 Å². The van der Waals surface area contributed by atoms with Gasteiger partial charge in [0.15, 0.2) is 0 Å². The fraction of sp³-hybridized carbons (Fsp3) is 0.536. The first-order chi connectivity index (χ1) is 16.5. The summed E-state index contributed by atoms with van der Waals surface area (Å²) in [5.74, 6) is 0.0802. The largest absolute Gasteiger partial charge is 0.368 e. The molecule has 0 aromatic heterocycles. The average molecular weight is 498 g/mol. The molecule has 2 saturated heterocycles. The molecule has 2 aliphatic rings. The zero-order valence-electron chi connectivity index (χ0n) is 22.0. The number of piperazine rings is 1. The Morgan fingerprint density at radius 2 is 1.34 bits per heavy atom. The number of amides is 1. The van der Waals surface area contributed by atoms with Gasteiger partial charge in [-0.05, 0) is 93.8 Å². The summed E-state index contributed by atoms with van der Waals surface area (Å²) in [5, 5.41) is 0. The SMILES string of the molecule is Cc1cccc(N2CCN(C(=O)C3CCN(S(=O)(=O)c4c(C)c(C)cc(C)c4C)CC3)CC2)c1C. The summed E-state index contributed by atoms with van der Waals surface area (Å²) in [6.45, 7) is 15.9. The van der Waals surface area contributed by atoms with Crippen molar-refractivity contribution < 1.29 is 13.2 Å². The van der Waals surface area contributed by atoms with E-state index in [1.54, 1.807) is 4.31 Å². The molecule has 2 aromatic rings. The smallest absolute Gasteiger partial charge is 0.243 e. The summed E-state index contributed by atoms with van der Waals surface area (Å²) < 4.78 is 28.7. The second-order valence-corrected chi connectivity index (χ2v) is 12.2. The number of sulfonamides is 1. The van der Waals surface area contributed by atoms with Crippen molar-refractivity contribution in [2.45, 2.75) is 59.3 Å². The first-order valence-electron chi connectivity index (χ1n) is 12.7. The predicted molar refractivity (Wildman–Crippen MR) is 142 cm³/mol. The maximum absolute atomic E-state index is 13.6. The molecule has 35 heavy (non-hydrogen) atoms. The van der Waals surface area contributed by atoms with Crippen LogP contribution < -0.4 is 4.90 Å². The maximum Gasteiger partial charge on any atom is 0.243 e. The van der Waals surface area contributed by atoms with Gasteiger partial charge in [0.05, 0.1) is 4.90 Å². The zero-order valence-corrected chi connectivity index (χ0v) is 22.8. The third-order valence-corrected chi connectivity index (χ3v) is 10.4. The van der Waals surface area contributed by atoms with Gasteiger partial charge < -0.3 is 9.80 Å². The molecule has 2 aromatic carbocycles. The van der Waals surface area contributed by atoms with Crippen molar-refractivity contribution in [1.29, 1.82) is 0 Å². The first-order valence-corrected chi connectivity index (χ1v) is 14.1. The quantitative estimate of drug-likeness (QED) is 0.632. The van der Waals surface area contributed by atoms with Crippen LogP contribution in [0, 0.1) is 47.5 Å². The lowest BCUT2D eigenvalue weighted by molar-refractivity contribution is -0.137. The monoisotopic (exact) mass is 497 g/mol. The lowest BCUT2D eigenvalue weighted by atomic mass is 9.96. The first kappa shape index (κ1) is 25.7. The molecule has 0 radical (unpaired) electrons. The topological polar surface area (TPSA) is 60.9 Å². The Morgan fingerprint density at radius 3 is 1.91 bits per heavy atom. The number of carbonyl (C=O) groups is 1. The van der Waals surface area contributed by atoms with E-state index in [0.717, 1.165) is 35.3 Å². The highest BCUT2D eigenvalue weighted by Gasteiger charge is 2.36. The predicted octanol–water partition coefficient (Wildman–Crippen LogP) is 4.29. The molecule has 4 rings (SSSR count). The van der Waals surface area contributed by atoms with E-state index >= 15 is 0 Å². The number of benzene rings is 2. The normalized spacial score (nSPS) is 18.2. The van der Waals surface area contributed by atoms with Crippen LogP contribution in [-0.4, -0.2) is 62.8 Å². The molecule has 190 valence electrons. The molecule has 1 amide bonds. The Labute approximate surface area is 211 Å². The molecular weight excluding hydrogens is 458 g/mol. The molecule has 0 atom stereocenters. The summed E-state index contributed by atoms with van der Waals surface area (Å²) in [7, 11) is -3.59. The minimum atomic E-state index is -3.59. The van der Waals surface area contributed by atoms with Crippen LogP contribution in [0.15, 0.2) is 29.2 Å².